The van der Waals surface area contributed by atoms with Crippen LogP contribution in [0.15, 0.2) is 22.7 Å². The van der Waals surface area contributed by atoms with Crippen LogP contribution in [0.1, 0.15) is 24.2 Å². The van der Waals surface area contributed by atoms with Crippen molar-refractivity contribution < 1.29 is 14.0 Å². The lowest BCUT2D eigenvalue weighted by atomic mass is 10.1. The average molecular weight is 277 g/mol. The van der Waals surface area contributed by atoms with Crippen LogP contribution < -0.4 is 14.8 Å². The number of methoxy groups -OCH3 is 2. The third kappa shape index (κ3) is 3.48. The Morgan fingerprint density at radius 2 is 2.00 bits per heavy atom. The Kier molecular flexibility index (Phi) is 4.95. The van der Waals surface area contributed by atoms with Gasteiger partial charge >= 0.3 is 0 Å². The fraction of sp³-hybridized carbons (Fsp3) is 0.429. The largest absolute Gasteiger partial charge is 0.493 e. The minimum atomic E-state index is 0.569. The van der Waals surface area contributed by atoms with E-state index in [9.17, 15) is 0 Å². The first-order chi connectivity index (χ1) is 9.76. The van der Waals surface area contributed by atoms with Gasteiger partial charge in [0.25, 0.3) is 0 Å². The van der Waals surface area contributed by atoms with E-state index in [-0.39, 0.29) is 0 Å². The van der Waals surface area contributed by atoms with E-state index in [1.807, 2.05) is 25.1 Å². The second-order valence-corrected chi connectivity index (χ2v) is 4.25. The molecule has 6 heteroatoms. The summed E-state index contributed by atoms with van der Waals surface area (Å²) in [4.78, 5) is 4.33. The van der Waals surface area contributed by atoms with Gasteiger partial charge in [-0.1, -0.05) is 18.1 Å². The first kappa shape index (κ1) is 14.3. The SMILES string of the molecule is CCNCc1noc(Cc2ccc(OC)c(OC)c2)n1. The standard InChI is InChI=1S/C14H19N3O3/c1-4-15-9-13-16-14(20-17-13)8-10-5-6-11(18-2)12(7-10)19-3/h5-7,15H,4,8-9H2,1-3H3. The Morgan fingerprint density at radius 1 is 1.20 bits per heavy atom. The van der Waals surface area contributed by atoms with Crippen molar-refractivity contribution in [2.24, 2.45) is 0 Å². The summed E-state index contributed by atoms with van der Waals surface area (Å²) in [6.07, 6.45) is 0.569. The molecule has 108 valence electrons. The summed E-state index contributed by atoms with van der Waals surface area (Å²) in [5.41, 5.74) is 1.03. The van der Waals surface area contributed by atoms with Gasteiger partial charge < -0.3 is 19.3 Å². The van der Waals surface area contributed by atoms with Crippen molar-refractivity contribution in [3.63, 3.8) is 0 Å². The van der Waals surface area contributed by atoms with Gasteiger partial charge in [0, 0.05) is 0 Å². The Labute approximate surface area is 118 Å². The molecule has 0 fully saturated rings. The zero-order chi connectivity index (χ0) is 14.4. The molecule has 2 rings (SSSR count). The summed E-state index contributed by atoms with van der Waals surface area (Å²) < 4.78 is 15.7. The Bertz CT molecular complexity index is 554. The van der Waals surface area contributed by atoms with Crippen LogP contribution in [0.4, 0.5) is 0 Å². The number of nitrogens with zero attached hydrogens (tertiary/aromatic N) is 2. The molecule has 0 aliphatic rings. The summed E-state index contributed by atoms with van der Waals surface area (Å²) >= 11 is 0. The van der Waals surface area contributed by atoms with Crippen LogP contribution >= 0.6 is 0 Å². The molecular formula is C14H19N3O3. The molecule has 1 heterocycles. The maximum atomic E-state index is 5.27. The first-order valence-electron chi connectivity index (χ1n) is 6.50. The van der Waals surface area contributed by atoms with Gasteiger partial charge in [0.05, 0.1) is 27.2 Å². The predicted molar refractivity (Wildman–Crippen MR) is 74.0 cm³/mol. The molecule has 0 atom stereocenters. The van der Waals surface area contributed by atoms with Gasteiger partial charge in [-0.25, -0.2) is 0 Å². The van der Waals surface area contributed by atoms with Crippen molar-refractivity contribution in [3.05, 3.63) is 35.5 Å². The van der Waals surface area contributed by atoms with Crippen LogP contribution in [0.5, 0.6) is 11.5 Å². The van der Waals surface area contributed by atoms with Crippen molar-refractivity contribution >= 4 is 0 Å². The van der Waals surface area contributed by atoms with E-state index in [1.165, 1.54) is 0 Å². The van der Waals surface area contributed by atoms with Crippen LogP contribution in [-0.2, 0) is 13.0 Å². The molecule has 1 aromatic heterocycles. The number of benzene rings is 1. The lowest BCUT2D eigenvalue weighted by molar-refractivity contribution is 0.354. The topological polar surface area (TPSA) is 69.4 Å². The second-order valence-electron chi connectivity index (χ2n) is 4.25. The van der Waals surface area contributed by atoms with E-state index in [4.69, 9.17) is 14.0 Å². The number of hydrogen-bond donors (Lipinski definition) is 1. The van der Waals surface area contributed by atoms with Gasteiger partial charge in [-0.2, -0.15) is 4.98 Å². The summed E-state index contributed by atoms with van der Waals surface area (Å²) in [6, 6.07) is 5.73. The number of nitrogens with one attached hydrogen (secondary N) is 1. The number of hydrogen-bond acceptors (Lipinski definition) is 6. The molecule has 0 radical (unpaired) electrons. The maximum absolute atomic E-state index is 5.27. The fourth-order valence-electron chi connectivity index (χ4n) is 1.84. The molecule has 0 aliphatic carbocycles. The van der Waals surface area contributed by atoms with E-state index in [0.717, 1.165) is 12.1 Å². The summed E-state index contributed by atoms with van der Waals surface area (Å²) in [5.74, 6) is 2.65. The molecule has 0 aliphatic heterocycles. The highest BCUT2D eigenvalue weighted by molar-refractivity contribution is 5.43. The van der Waals surface area contributed by atoms with E-state index in [1.54, 1.807) is 14.2 Å². The normalized spacial score (nSPS) is 10.6. The Balaban J connectivity index is 2.07. The summed E-state index contributed by atoms with van der Waals surface area (Å²) in [6.45, 7) is 3.52. The predicted octanol–water partition coefficient (Wildman–Crippen LogP) is 1.79. The molecular weight excluding hydrogens is 258 g/mol. The number of aromatic nitrogens is 2. The quantitative estimate of drug-likeness (QED) is 0.832. The molecule has 1 N–H and O–H groups in total. The van der Waals surface area contributed by atoms with Gasteiger partial charge in [-0.05, 0) is 24.2 Å². The van der Waals surface area contributed by atoms with E-state index < -0.39 is 0 Å². The minimum Gasteiger partial charge on any atom is -0.493 e. The third-order valence-corrected chi connectivity index (χ3v) is 2.85. The zero-order valence-corrected chi connectivity index (χ0v) is 12.0. The first-order valence-corrected chi connectivity index (χ1v) is 6.50. The van der Waals surface area contributed by atoms with Crippen LogP contribution in [0.25, 0.3) is 0 Å². The lowest BCUT2D eigenvalue weighted by Crippen LogP contribution is -2.12. The van der Waals surface area contributed by atoms with E-state index >= 15 is 0 Å². The van der Waals surface area contributed by atoms with Crippen LogP contribution in [0, 0.1) is 0 Å². The number of ether oxygens (including phenoxy) is 2. The van der Waals surface area contributed by atoms with Crippen molar-refractivity contribution in [3.8, 4) is 11.5 Å². The van der Waals surface area contributed by atoms with Crippen LogP contribution in [0.2, 0.25) is 0 Å². The van der Waals surface area contributed by atoms with Crippen molar-refractivity contribution in [1.29, 1.82) is 0 Å². The van der Waals surface area contributed by atoms with Crippen molar-refractivity contribution in [2.45, 2.75) is 19.9 Å². The molecule has 0 bridgehead atoms. The second kappa shape index (κ2) is 6.91. The highest BCUT2D eigenvalue weighted by Crippen LogP contribution is 2.28. The van der Waals surface area contributed by atoms with E-state index in [0.29, 0.717) is 36.2 Å². The summed E-state index contributed by atoms with van der Waals surface area (Å²) in [5, 5.41) is 7.08. The summed E-state index contributed by atoms with van der Waals surface area (Å²) in [7, 11) is 3.23. The highest BCUT2D eigenvalue weighted by atomic mass is 16.5. The van der Waals surface area contributed by atoms with Gasteiger partial charge in [0.15, 0.2) is 17.3 Å². The fourth-order valence-corrected chi connectivity index (χ4v) is 1.84. The average Bonchev–Trinajstić information content (AvgIpc) is 2.92. The molecule has 6 nitrogen and oxygen atoms in total. The Morgan fingerprint density at radius 3 is 2.70 bits per heavy atom. The minimum absolute atomic E-state index is 0.569. The van der Waals surface area contributed by atoms with Crippen LogP contribution in [0.3, 0.4) is 0 Å². The monoisotopic (exact) mass is 277 g/mol. The van der Waals surface area contributed by atoms with Crippen LogP contribution in [-0.4, -0.2) is 30.9 Å². The molecule has 0 spiro atoms. The zero-order valence-electron chi connectivity index (χ0n) is 12.0. The van der Waals surface area contributed by atoms with Gasteiger partial charge in [-0.3, -0.25) is 0 Å². The maximum Gasteiger partial charge on any atom is 0.231 e. The molecule has 0 amide bonds. The van der Waals surface area contributed by atoms with Crippen molar-refractivity contribution in [1.82, 2.24) is 15.5 Å². The van der Waals surface area contributed by atoms with Gasteiger partial charge in [0.2, 0.25) is 5.89 Å². The van der Waals surface area contributed by atoms with Gasteiger partial charge in [0.1, 0.15) is 0 Å². The molecule has 2 aromatic rings. The molecule has 0 unspecified atom stereocenters. The van der Waals surface area contributed by atoms with E-state index in [2.05, 4.69) is 15.5 Å². The highest BCUT2D eigenvalue weighted by Gasteiger charge is 2.09. The molecule has 0 saturated heterocycles. The molecule has 1 aromatic carbocycles. The smallest absolute Gasteiger partial charge is 0.231 e. The third-order valence-electron chi connectivity index (χ3n) is 2.85. The molecule has 0 saturated carbocycles. The number of rotatable bonds is 7. The lowest BCUT2D eigenvalue weighted by Gasteiger charge is -2.08. The van der Waals surface area contributed by atoms with Gasteiger partial charge in [-0.15, -0.1) is 0 Å². The van der Waals surface area contributed by atoms with Crippen molar-refractivity contribution in [2.75, 3.05) is 20.8 Å². The molecule has 20 heavy (non-hydrogen) atoms. The Hall–Kier alpha value is -2.08.